The van der Waals surface area contributed by atoms with Crippen LogP contribution >= 0.6 is 11.3 Å². The number of aryl methyl sites for hydroxylation is 1. The molecule has 3 heterocycles. The zero-order valence-electron chi connectivity index (χ0n) is 14.9. The van der Waals surface area contributed by atoms with E-state index >= 15 is 0 Å². The van der Waals surface area contributed by atoms with E-state index in [1.165, 1.54) is 11.3 Å². The minimum atomic E-state index is -0.114. The molecule has 1 saturated heterocycles. The van der Waals surface area contributed by atoms with Gasteiger partial charge in [0.2, 0.25) is 5.91 Å². The Kier molecular flexibility index (Phi) is 6.60. The van der Waals surface area contributed by atoms with Gasteiger partial charge in [-0.05, 0) is 30.5 Å². The Morgan fingerprint density at radius 1 is 1.23 bits per heavy atom. The third kappa shape index (κ3) is 5.03. The Morgan fingerprint density at radius 3 is 2.69 bits per heavy atom. The number of ketones is 1. The van der Waals surface area contributed by atoms with Crippen LogP contribution in [0.3, 0.4) is 0 Å². The molecule has 2 aromatic heterocycles. The van der Waals surface area contributed by atoms with Crippen LogP contribution < -0.4 is 5.32 Å². The van der Waals surface area contributed by atoms with Gasteiger partial charge < -0.3 is 14.5 Å². The topological polar surface area (TPSA) is 71.8 Å². The van der Waals surface area contributed by atoms with Crippen molar-refractivity contribution in [3.8, 4) is 0 Å². The van der Waals surface area contributed by atoms with Crippen LogP contribution in [0.5, 0.6) is 0 Å². The van der Waals surface area contributed by atoms with Gasteiger partial charge >= 0.3 is 0 Å². The molecule has 1 aliphatic heterocycles. The molecule has 3 rings (SSSR count). The summed E-state index contributed by atoms with van der Waals surface area (Å²) in [7, 11) is 0. The molecule has 140 valence electrons. The molecule has 0 aliphatic carbocycles. The van der Waals surface area contributed by atoms with Crippen molar-refractivity contribution in [3.63, 3.8) is 0 Å². The van der Waals surface area contributed by atoms with Crippen molar-refractivity contribution in [2.75, 3.05) is 32.8 Å². The first kappa shape index (κ1) is 18.8. The summed E-state index contributed by atoms with van der Waals surface area (Å²) in [5.74, 6) is 1.60. The van der Waals surface area contributed by atoms with Gasteiger partial charge in [-0.25, -0.2) is 0 Å². The molecule has 0 spiro atoms. The first-order valence-corrected chi connectivity index (χ1v) is 9.73. The molecule has 0 saturated carbocycles. The Labute approximate surface area is 157 Å². The number of hydrogen-bond acceptors (Lipinski definition) is 6. The van der Waals surface area contributed by atoms with Gasteiger partial charge in [0.1, 0.15) is 11.5 Å². The molecule has 26 heavy (non-hydrogen) atoms. The van der Waals surface area contributed by atoms with Gasteiger partial charge in [-0.3, -0.25) is 14.5 Å². The number of carbonyl (C=O) groups is 2. The van der Waals surface area contributed by atoms with Crippen molar-refractivity contribution >= 4 is 23.0 Å². The van der Waals surface area contributed by atoms with Crippen LogP contribution in [0.4, 0.5) is 0 Å². The fraction of sp³-hybridized carbons (Fsp3) is 0.474. The quantitative estimate of drug-likeness (QED) is 0.718. The van der Waals surface area contributed by atoms with Crippen LogP contribution in [0, 0.1) is 6.92 Å². The molecule has 2 aromatic rings. The van der Waals surface area contributed by atoms with Crippen LogP contribution in [0.2, 0.25) is 0 Å². The standard InChI is InChI=1S/C19H24N2O4S/c1-14-4-6-17(25-14)15(21-8-10-24-11-9-21)13-20-19(23)7-5-16(22)18-3-2-12-26-18/h2-4,6,12,15H,5,7-11,13H2,1H3,(H,20,23)/t15-/m1/s1. The number of thiophene rings is 1. The average Bonchev–Trinajstić information content (AvgIpc) is 3.33. The van der Waals surface area contributed by atoms with Crippen molar-refractivity contribution in [1.29, 1.82) is 0 Å². The van der Waals surface area contributed by atoms with Crippen molar-refractivity contribution < 1.29 is 18.7 Å². The Bertz CT molecular complexity index is 720. The molecular weight excluding hydrogens is 352 g/mol. The van der Waals surface area contributed by atoms with Gasteiger partial charge in [-0.15, -0.1) is 11.3 Å². The monoisotopic (exact) mass is 376 g/mol. The lowest BCUT2D eigenvalue weighted by Gasteiger charge is -2.33. The van der Waals surface area contributed by atoms with E-state index in [2.05, 4.69) is 10.2 Å². The lowest BCUT2D eigenvalue weighted by atomic mass is 10.1. The Morgan fingerprint density at radius 2 is 2.04 bits per heavy atom. The summed E-state index contributed by atoms with van der Waals surface area (Å²) in [6.07, 6.45) is 0.429. The second kappa shape index (κ2) is 9.12. The van der Waals surface area contributed by atoms with Crippen LogP contribution in [0.1, 0.15) is 40.1 Å². The number of nitrogens with zero attached hydrogens (tertiary/aromatic N) is 1. The molecule has 7 heteroatoms. The zero-order chi connectivity index (χ0) is 18.4. The second-order valence-corrected chi connectivity index (χ2v) is 7.26. The summed E-state index contributed by atoms with van der Waals surface area (Å²) in [6.45, 7) is 5.33. The number of furan rings is 1. The first-order valence-electron chi connectivity index (χ1n) is 8.85. The summed E-state index contributed by atoms with van der Waals surface area (Å²) in [6, 6.07) is 7.51. The predicted octanol–water partition coefficient (Wildman–Crippen LogP) is 2.80. The lowest BCUT2D eigenvalue weighted by molar-refractivity contribution is -0.121. The molecule has 6 nitrogen and oxygen atoms in total. The molecule has 1 aliphatic rings. The summed E-state index contributed by atoms with van der Waals surface area (Å²) >= 11 is 1.41. The van der Waals surface area contributed by atoms with Crippen molar-refractivity contribution in [2.24, 2.45) is 0 Å². The Balaban J connectivity index is 1.53. The van der Waals surface area contributed by atoms with Gasteiger partial charge in [-0.1, -0.05) is 6.07 Å². The molecule has 1 N–H and O–H groups in total. The predicted molar refractivity (Wildman–Crippen MR) is 99.5 cm³/mol. The lowest BCUT2D eigenvalue weighted by Crippen LogP contribution is -2.43. The highest BCUT2D eigenvalue weighted by molar-refractivity contribution is 7.12. The summed E-state index contributed by atoms with van der Waals surface area (Å²) in [5, 5.41) is 4.82. The van der Waals surface area contributed by atoms with E-state index in [0.717, 1.165) is 24.6 Å². The third-order valence-electron chi connectivity index (χ3n) is 4.44. The molecule has 0 aromatic carbocycles. The van der Waals surface area contributed by atoms with Gasteiger partial charge in [0, 0.05) is 32.5 Å². The normalized spacial score (nSPS) is 16.3. The van der Waals surface area contributed by atoms with Crippen LogP contribution in [-0.2, 0) is 9.53 Å². The van der Waals surface area contributed by atoms with Crippen molar-refractivity contribution in [3.05, 3.63) is 46.0 Å². The van der Waals surface area contributed by atoms with E-state index in [9.17, 15) is 9.59 Å². The molecular formula is C19H24N2O4S. The van der Waals surface area contributed by atoms with E-state index in [0.29, 0.717) is 24.6 Å². The number of Topliss-reactive ketones (excluding diaryl/α,β-unsaturated/α-hetero) is 1. The highest BCUT2D eigenvalue weighted by atomic mass is 32.1. The minimum absolute atomic E-state index is 0.0153. The Hall–Kier alpha value is -1.96. The van der Waals surface area contributed by atoms with Crippen molar-refractivity contribution in [2.45, 2.75) is 25.8 Å². The number of carbonyl (C=O) groups excluding carboxylic acids is 2. The van der Waals surface area contributed by atoms with Gasteiger partial charge in [-0.2, -0.15) is 0 Å². The first-order chi connectivity index (χ1) is 12.6. The van der Waals surface area contributed by atoms with Crippen LogP contribution in [0.15, 0.2) is 34.1 Å². The summed E-state index contributed by atoms with van der Waals surface area (Å²) < 4.78 is 11.2. The van der Waals surface area contributed by atoms with E-state index < -0.39 is 0 Å². The number of nitrogens with one attached hydrogen (secondary N) is 1. The zero-order valence-corrected chi connectivity index (χ0v) is 15.7. The number of ether oxygens (including phenoxy) is 1. The fourth-order valence-electron chi connectivity index (χ4n) is 3.02. The van der Waals surface area contributed by atoms with E-state index in [1.807, 2.05) is 30.5 Å². The van der Waals surface area contributed by atoms with Crippen LogP contribution in [0.25, 0.3) is 0 Å². The molecule has 0 unspecified atom stereocenters. The highest BCUT2D eigenvalue weighted by Crippen LogP contribution is 2.23. The summed E-state index contributed by atoms with van der Waals surface area (Å²) in [5.41, 5.74) is 0. The smallest absolute Gasteiger partial charge is 0.220 e. The van der Waals surface area contributed by atoms with E-state index in [4.69, 9.17) is 9.15 Å². The number of rotatable bonds is 8. The van der Waals surface area contributed by atoms with E-state index in [-0.39, 0.29) is 30.6 Å². The second-order valence-electron chi connectivity index (χ2n) is 6.32. The van der Waals surface area contributed by atoms with Gasteiger partial charge in [0.25, 0.3) is 0 Å². The van der Waals surface area contributed by atoms with E-state index in [1.54, 1.807) is 6.07 Å². The summed E-state index contributed by atoms with van der Waals surface area (Å²) in [4.78, 5) is 27.2. The maximum absolute atomic E-state index is 12.2. The fourth-order valence-corrected chi connectivity index (χ4v) is 3.71. The maximum atomic E-state index is 12.2. The third-order valence-corrected chi connectivity index (χ3v) is 5.35. The number of morpholine rings is 1. The molecule has 1 amide bonds. The van der Waals surface area contributed by atoms with Crippen LogP contribution in [-0.4, -0.2) is 49.4 Å². The average molecular weight is 376 g/mol. The number of amides is 1. The van der Waals surface area contributed by atoms with Gasteiger partial charge in [0.05, 0.1) is 24.1 Å². The molecule has 0 radical (unpaired) electrons. The van der Waals surface area contributed by atoms with Gasteiger partial charge in [0.15, 0.2) is 5.78 Å². The largest absolute Gasteiger partial charge is 0.465 e. The number of hydrogen-bond donors (Lipinski definition) is 1. The molecule has 1 atom stereocenters. The SMILES string of the molecule is Cc1ccc([C@@H](CNC(=O)CCC(=O)c2cccs2)N2CCOCC2)o1. The minimum Gasteiger partial charge on any atom is -0.465 e. The maximum Gasteiger partial charge on any atom is 0.220 e. The molecule has 0 bridgehead atoms. The highest BCUT2D eigenvalue weighted by Gasteiger charge is 2.25. The molecule has 1 fully saturated rings. The van der Waals surface area contributed by atoms with Crippen molar-refractivity contribution in [1.82, 2.24) is 10.2 Å².